The number of fused-ring (bicyclic) bond motifs is 2. The highest BCUT2D eigenvalue weighted by Crippen LogP contribution is 2.49. The first kappa shape index (κ1) is 20.6. The molecule has 6 rings (SSSR count). The maximum atomic E-state index is 13.9. The third-order valence-electron chi connectivity index (χ3n) is 7.02. The lowest BCUT2D eigenvalue weighted by molar-refractivity contribution is -0.126. The van der Waals surface area contributed by atoms with Crippen LogP contribution >= 0.6 is 0 Å². The van der Waals surface area contributed by atoms with Gasteiger partial charge in [-0.1, -0.05) is 66.7 Å². The van der Waals surface area contributed by atoms with E-state index in [-0.39, 0.29) is 11.8 Å². The Balaban J connectivity index is 1.50. The molecule has 0 aromatic heterocycles. The molecule has 2 fully saturated rings. The number of benzene rings is 4. The Labute approximate surface area is 198 Å². The summed E-state index contributed by atoms with van der Waals surface area (Å²) in [7, 11) is 0. The average molecular weight is 449 g/mol. The number of rotatable bonds is 3. The molecule has 0 unspecified atom stereocenters. The molecule has 0 aliphatic carbocycles. The number of hydrogen-bond acceptors (Lipinski definition) is 4. The van der Waals surface area contributed by atoms with Crippen molar-refractivity contribution >= 4 is 34.0 Å². The number of nitrogens with zero attached hydrogens (tertiary/aromatic N) is 2. The SMILES string of the molecule is Cc1ccc(N2C(=O)[C@H]3[C@@H](c4cccc5ccccc45)N(c4ccccc4)O[C@H]3C2=O)cc1C. The van der Waals surface area contributed by atoms with Gasteiger partial charge in [0, 0.05) is 0 Å². The number of carbonyl (C=O) groups is 2. The molecule has 0 saturated carbocycles. The Morgan fingerprint density at radius 3 is 2.24 bits per heavy atom. The van der Waals surface area contributed by atoms with E-state index in [2.05, 4.69) is 18.2 Å². The molecule has 5 nitrogen and oxygen atoms in total. The first-order chi connectivity index (χ1) is 16.5. The second-order valence-corrected chi connectivity index (χ2v) is 9.01. The van der Waals surface area contributed by atoms with Crippen molar-refractivity contribution in [2.45, 2.75) is 26.0 Å². The third-order valence-corrected chi connectivity index (χ3v) is 7.02. The topological polar surface area (TPSA) is 49.9 Å². The van der Waals surface area contributed by atoms with Gasteiger partial charge in [-0.2, -0.15) is 0 Å². The van der Waals surface area contributed by atoms with Crippen molar-refractivity contribution in [3.05, 3.63) is 108 Å². The van der Waals surface area contributed by atoms with E-state index >= 15 is 0 Å². The maximum Gasteiger partial charge on any atom is 0.266 e. The van der Waals surface area contributed by atoms with Crippen molar-refractivity contribution in [3.63, 3.8) is 0 Å². The Bertz CT molecular complexity index is 1430. The maximum absolute atomic E-state index is 13.9. The second-order valence-electron chi connectivity index (χ2n) is 9.01. The van der Waals surface area contributed by atoms with Crippen molar-refractivity contribution in [3.8, 4) is 0 Å². The highest BCUT2D eigenvalue weighted by molar-refractivity contribution is 6.24. The van der Waals surface area contributed by atoms with Crippen molar-refractivity contribution in [2.24, 2.45) is 5.92 Å². The summed E-state index contributed by atoms with van der Waals surface area (Å²) in [4.78, 5) is 35.1. The largest absolute Gasteiger partial charge is 0.273 e. The van der Waals surface area contributed by atoms with Crippen LogP contribution in [0.4, 0.5) is 11.4 Å². The molecule has 2 heterocycles. The number of carbonyl (C=O) groups excluding carboxylic acids is 2. The summed E-state index contributed by atoms with van der Waals surface area (Å²) >= 11 is 0. The van der Waals surface area contributed by atoms with Crippen LogP contribution < -0.4 is 9.96 Å². The van der Waals surface area contributed by atoms with E-state index in [4.69, 9.17) is 4.84 Å². The number of amides is 2. The number of aryl methyl sites for hydroxylation is 2. The van der Waals surface area contributed by atoms with Gasteiger partial charge in [-0.3, -0.25) is 14.4 Å². The molecule has 2 saturated heterocycles. The summed E-state index contributed by atoms with van der Waals surface area (Å²) < 4.78 is 0. The normalized spacial score (nSPS) is 22.0. The second kappa shape index (κ2) is 7.82. The molecule has 2 aliphatic heterocycles. The van der Waals surface area contributed by atoms with E-state index < -0.39 is 18.1 Å². The van der Waals surface area contributed by atoms with E-state index in [9.17, 15) is 9.59 Å². The van der Waals surface area contributed by atoms with Gasteiger partial charge in [0.05, 0.1) is 17.4 Å². The molecule has 2 amide bonds. The highest BCUT2D eigenvalue weighted by Gasteiger charge is 2.60. The van der Waals surface area contributed by atoms with Gasteiger partial charge < -0.3 is 0 Å². The molecule has 5 heteroatoms. The Morgan fingerprint density at radius 1 is 0.706 bits per heavy atom. The summed E-state index contributed by atoms with van der Waals surface area (Å²) in [5.74, 6) is -1.20. The molecule has 168 valence electrons. The van der Waals surface area contributed by atoms with Gasteiger partial charge >= 0.3 is 0 Å². The summed E-state index contributed by atoms with van der Waals surface area (Å²) in [6.07, 6.45) is -0.877. The molecule has 34 heavy (non-hydrogen) atoms. The molecule has 4 aromatic carbocycles. The zero-order valence-electron chi connectivity index (χ0n) is 19.0. The van der Waals surface area contributed by atoms with Crippen LogP contribution in [0, 0.1) is 19.8 Å². The van der Waals surface area contributed by atoms with Crippen molar-refractivity contribution in [2.75, 3.05) is 9.96 Å². The molecule has 0 spiro atoms. The number of anilines is 2. The van der Waals surface area contributed by atoms with Crippen molar-refractivity contribution in [1.29, 1.82) is 0 Å². The van der Waals surface area contributed by atoms with Crippen LogP contribution in [0.25, 0.3) is 10.8 Å². The first-order valence-electron chi connectivity index (χ1n) is 11.5. The number of para-hydroxylation sites is 1. The van der Waals surface area contributed by atoms with Crippen LogP contribution in [0.15, 0.2) is 91.0 Å². The Hall–Kier alpha value is -3.96. The fourth-order valence-electron chi connectivity index (χ4n) is 5.16. The quantitative estimate of drug-likeness (QED) is 0.388. The van der Waals surface area contributed by atoms with Gasteiger partial charge in [-0.05, 0) is 65.6 Å². The highest BCUT2D eigenvalue weighted by atomic mass is 16.7. The minimum atomic E-state index is -0.877. The zero-order chi connectivity index (χ0) is 23.4. The van der Waals surface area contributed by atoms with E-state index in [0.717, 1.165) is 33.2 Å². The summed E-state index contributed by atoms with van der Waals surface area (Å²) in [6, 6.07) is 29.1. The molecule has 0 radical (unpaired) electrons. The minimum absolute atomic E-state index is 0.227. The predicted molar refractivity (Wildman–Crippen MR) is 132 cm³/mol. The van der Waals surface area contributed by atoms with Gasteiger partial charge in [0.2, 0.25) is 5.91 Å². The van der Waals surface area contributed by atoms with Crippen molar-refractivity contribution < 1.29 is 14.4 Å². The van der Waals surface area contributed by atoms with Gasteiger partial charge in [0.25, 0.3) is 5.91 Å². The van der Waals surface area contributed by atoms with Gasteiger partial charge in [0.1, 0.15) is 5.92 Å². The summed E-state index contributed by atoms with van der Waals surface area (Å²) in [5, 5.41) is 3.88. The average Bonchev–Trinajstić information content (AvgIpc) is 3.37. The molecule has 3 atom stereocenters. The van der Waals surface area contributed by atoms with E-state index in [1.54, 1.807) is 5.06 Å². The third kappa shape index (κ3) is 3.05. The smallest absolute Gasteiger partial charge is 0.266 e. The van der Waals surface area contributed by atoms with Crippen LogP contribution in [0.1, 0.15) is 22.7 Å². The summed E-state index contributed by atoms with van der Waals surface area (Å²) in [6.45, 7) is 4.00. The number of imide groups is 1. The fourth-order valence-corrected chi connectivity index (χ4v) is 5.16. The van der Waals surface area contributed by atoms with Crippen LogP contribution in [-0.4, -0.2) is 17.9 Å². The lowest BCUT2D eigenvalue weighted by atomic mass is 9.87. The lowest BCUT2D eigenvalue weighted by Crippen LogP contribution is -2.37. The Kier molecular flexibility index (Phi) is 4.74. The van der Waals surface area contributed by atoms with Crippen molar-refractivity contribution in [1.82, 2.24) is 0 Å². The Morgan fingerprint density at radius 2 is 1.44 bits per heavy atom. The molecule has 2 aliphatic rings. The molecule has 0 bridgehead atoms. The molecular weight excluding hydrogens is 424 g/mol. The summed E-state index contributed by atoms with van der Waals surface area (Å²) in [5.41, 5.74) is 4.53. The monoisotopic (exact) mass is 448 g/mol. The standard InChI is InChI=1S/C29H24N2O3/c1-18-15-16-22(17-19(18)2)30-28(32)25-26(24-14-8-10-20-9-6-7-13-23(20)24)31(34-27(25)29(30)33)21-11-4-3-5-12-21/h3-17,25-27H,1-2H3/t25-,26+,27+/m0/s1. The lowest BCUT2D eigenvalue weighted by Gasteiger charge is -2.29. The minimum Gasteiger partial charge on any atom is -0.273 e. The molecular formula is C29H24N2O3. The van der Waals surface area contributed by atoms with Gasteiger partial charge in [0.15, 0.2) is 6.10 Å². The van der Waals surface area contributed by atoms with E-state index in [1.807, 2.05) is 86.6 Å². The number of hydrogen-bond donors (Lipinski definition) is 0. The fraction of sp³-hybridized carbons (Fsp3) is 0.172. The van der Waals surface area contributed by atoms with Crippen LogP contribution in [0.5, 0.6) is 0 Å². The molecule has 0 N–H and O–H groups in total. The first-order valence-corrected chi connectivity index (χ1v) is 11.5. The predicted octanol–water partition coefficient (Wildman–Crippen LogP) is 5.51. The van der Waals surface area contributed by atoms with E-state index in [1.165, 1.54) is 4.90 Å². The van der Waals surface area contributed by atoms with Crippen LogP contribution in [0.2, 0.25) is 0 Å². The van der Waals surface area contributed by atoms with Crippen LogP contribution in [-0.2, 0) is 14.4 Å². The van der Waals surface area contributed by atoms with Gasteiger partial charge in [-0.15, -0.1) is 0 Å². The number of hydroxylamine groups is 1. The van der Waals surface area contributed by atoms with Gasteiger partial charge in [-0.25, -0.2) is 9.96 Å². The van der Waals surface area contributed by atoms with Crippen LogP contribution in [0.3, 0.4) is 0 Å². The zero-order valence-corrected chi connectivity index (χ0v) is 19.0. The molecule has 4 aromatic rings. The van der Waals surface area contributed by atoms with E-state index in [0.29, 0.717) is 5.69 Å².